The van der Waals surface area contributed by atoms with E-state index in [9.17, 15) is 18.0 Å². The van der Waals surface area contributed by atoms with Crippen LogP contribution in [0.5, 0.6) is 0 Å². The molecule has 0 bridgehead atoms. The fraction of sp³-hybridized carbons (Fsp3) is 0.318. The van der Waals surface area contributed by atoms with Crippen LogP contribution in [0, 0.1) is 6.92 Å². The molecule has 1 saturated heterocycles. The molecule has 4 rings (SSSR count). The number of amides is 1. The van der Waals surface area contributed by atoms with Gasteiger partial charge in [0, 0.05) is 6.04 Å². The summed E-state index contributed by atoms with van der Waals surface area (Å²) in [7, 11) is -3.06. The van der Waals surface area contributed by atoms with Crippen LogP contribution in [-0.4, -0.2) is 47.2 Å². The zero-order valence-electron chi connectivity index (χ0n) is 17.1. The molecule has 0 unspecified atom stereocenters. The lowest BCUT2D eigenvalue weighted by Gasteiger charge is -2.14. The minimum Gasteiger partial charge on any atom is -0.352 e. The van der Waals surface area contributed by atoms with Crippen molar-refractivity contribution in [3.8, 4) is 0 Å². The fourth-order valence-electron chi connectivity index (χ4n) is 3.58. The molecule has 2 heterocycles. The molecule has 1 amide bonds. The van der Waals surface area contributed by atoms with E-state index in [1.54, 1.807) is 22.8 Å². The first-order valence-corrected chi connectivity index (χ1v) is 12.8. The highest BCUT2D eigenvalue weighted by Gasteiger charge is 2.29. The average Bonchev–Trinajstić information content (AvgIpc) is 3.08. The molecular formula is C22H23N3O4S2. The third-order valence-electron chi connectivity index (χ3n) is 5.22. The maximum Gasteiger partial charge on any atom is 0.262 e. The number of aryl methyl sites for hydroxylation is 1. The highest BCUT2D eigenvalue weighted by atomic mass is 32.2. The predicted molar refractivity (Wildman–Crippen MR) is 122 cm³/mol. The van der Waals surface area contributed by atoms with E-state index in [1.807, 2.05) is 37.3 Å². The second-order valence-electron chi connectivity index (χ2n) is 7.74. The Morgan fingerprint density at radius 3 is 2.65 bits per heavy atom. The third kappa shape index (κ3) is 5.16. The number of nitrogens with one attached hydrogen (secondary N) is 1. The molecule has 1 aliphatic rings. The summed E-state index contributed by atoms with van der Waals surface area (Å²) in [6, 6.07) is 14.7. The summed E-state index contributed by atoms with van der Waals surface area (Å²) in [5, 5.41) is 3.76. The first kappa shape index (κ1) is 21.6. The average molecular weight is 458 g/mol. The third-order valence-corrected chi connectivity index (χ3v) is 7.96. The molecule has 0 aliphatic carbocycles. The Morgan fingerprint density at radius 1 is 1.19 bits per heavy atom. The Labute approximate surface area is 184 Å². The number of sulfone groups is 1. The van der Waals surface area contributed by atoms with Gasteiger partial charge in [0.1, 0.15) is 0 Å². The maximum absolute atomic E-state index is 13.2. The van der Waals surface area contributed by atoms with Crippen LogP contribution in [0.2, 0.25) is 0 Å². The number of rotatable bonds is 6. The van der Waals surface area contributed by atoms with E-state index in [2.05, 4.69) is 10.3 Å². The normalized spacial score (nSPS) is 17.6. The lowest BCUT2D eigenvalue weighted by atomic mass is 10.1. The van der Waals surface area contributed by atoms with Crippen molar-refractivity contribution in [2.45, 2.75) is 31.1 Å². The molecule has 7 nitrogen and oxygen atoms in total. The van der Waals surface area contributed by atoms with E-state index >= 15 is 0 Å². The van der Waals surface area contributed by atoms with Gasteiger partial charge in [-0.2, -0.15) is 0 Å². The molecular weight excluding hydrogens is 434 g/mol. The molecule has 0 saturated carbocycles. The molecule has 9 heteroatoms. The summed E-state index contributed by atoms with van der Waals surface area (Å²) in [5.74, 6) is -0.130. The van der Waals surface area contributed by atoms with Crippen LogP contribution < -0.4 is 10.9 Å². The van der Waals surface area contributed by atoms with Crippen LogP contribution >= 0.6 is 11.8 Å². The van der Waals surface area contributed by atoms with Crippen LogP contribution in [0.1, 0.15) is 17.5 Å². The summed E-state index contributed by atoms with van der Waals surface area (Å²) in [5.41, 5.74) is 2.52. The Balaban J connectivity index is 1.57. The van der Waals surface area contributed by atoms with Crippen molar-refractivity contribution in [3.63, 3.8) is 0 Å². The number of para-hydroxylation sites is 1. The van der Waals surface area contributed by atoms with Gasteiger partial charge in [0.15, 0.2) is 15.0 Å². The van der Waals surface area contributed by atoms with Gasteiger partial charge < -0.3 is 5.32 Å². The van der Waals surface area contributed by atoms with Gasteiger partial charge in [0.25, 0.3) is 5.56 Å². The summed E-state index contributed by atoms with van der Waals surface area (Å²) >= 11 is 1.18. The van der Waals surface area contributed by atoms with Gasteiger partial charge in [-0.05, 0) is 31.0 Å². The SMILES string of the molecule is Cc1ccc(Cn2c(SCC(=O)N[C@H]3CCS(=O)(=O)C3)nc3ccccc3c2=O)cc1. The maximum atomic E-state index is 13.2. The molecule has 1 N–H and O–H groups in total. The first-order valence-electron chi connectivity index (χ1n) is 9.98. The molecule has 31 heavy (non-hydrogen) atoms. The van der Waals surface area contributed by atoms with Crippen molar-refractivity contribution in [1.82, 2.24) is 14.9 Å². The highest BCUT2D eigenvalue weighted by molar-refractivity contribution is 7.99. The summed E-state index contributed by atoms with van der Waals surface area (Å²) < 4.78 is 24.8. The van der Waals surface area contributed by atoms with E-state index in [0.717, 1.165) is 11.1 Å². The number of carbonyl (C=O) groups is 1. The Morgan fingerprint density at radius 2 is 1.94 bits per heavy atom. The van der Waals surface area contributed by atoms with Crippen LogP contribution in [0.15, 0.2) is 58.5 Å². The zero-order chi connectivity index (χ0) is 22.0. The van der Waals surface area contributed by atoms with Crippen LogP contribution in [0.3, 0.4) is 0 Å². The number of nitrogens with zero attached hydrogens (tertiary/aromatic N) is 2. The lowest BCUT2D eigenvalue weighted by molar-refractivity contribution is -0.119. The Hall–Kier alpha value is -2.65. The predicted octanol–water partition coefficient (Wildman–Crippen LogP) is 2.15. The van der Waals surface area contributed by atoms with Crippen molar-refractivity contribution in [3.05, 3.63) is 70.0 Å². The number of thioether (sulfide) groups is 1. The Kier molecular flexibility index (Phi) is 6.15. The van der Waals surface area contributed by atoms with Crippen molar-refractivity contribution in [2.24, 2.45) is 0 Å². The van der Waals surface area contributed by atoms with Gasteiger partial charge in [-0.3, -0.25) is 14.2 Å². The van der Waals surface area contributed by atoms with Crippen molar-refractivity contribution in [1.29, 1.82) is 0 Å². The number of hydrogen-bond acceptors (Lipinski definition) is 6. The molecule has 3 aromatic rings. The van der Waals surface area contributed by atoms with Crippen molar-refractivity contribution >= 4 is 38.4 Å². The lowest BCUT2D eigenvalue weighted by Crippen LogP contribution is -2.36. The Bertz CT molecular complexity index is 1280. The molecule has 2 aromatic carbocycles. The summed E-state index contributed by atoms with van der Waals surface area (Å²) in [6.07, 6.45) is 0.436. The van der Waals surface area contributed by atoms with Gasteiger partial charge in [0.2, 0.25) is 5.91 Å². The minimum absolute atomic E-state index is 0.0181. The van der Waals surface area contributed by atoms with Crippen LogP contribution in [0.25, 0.3) is 10.9 Å². The second kappa shape index (κ2) is 8.84. The first-order chi connectivity index (χ1) is 14.8. The van der Waals surface area contributed by atoms with Gasteiger partial charge in [-0.1, -0.05) is 53.7 Å². The number of hydrogen-bond donors (Lipinski definition) is 1. The molecule has 162 valence electrons. The van der Waals surface area contributed by atoms with Crippen molar-refractivity contribution in [2.75, 3.05) is 17.3 Å². The van der Waals surface area contributed by atoms with E-state index in [-0.39, 0.29) is 34.8 Å². The number of aromatic nitrogens is 2. The molecule has 1 fully saturated rings. The number of carbonyl (C=O) groups excluding carboxylic acids is 1. The largest absolute Gasteiger partial charge is 0.352 e. The standard InChI is InChI=1S/C22H23N3O4S2/c1-15-6-8-16(9-7-15)12-25-21(27)18-4-2-3-5-19(18)24-22(25)30-13-20(26)23-17-10-11-31(28,29)14-17/h2-9,17H,10-14H2,1H3,(H,23,26)/t17-/m0/s1. The monoisotopic (exact) mass is 457 g/mol. The number of benzene rings is 2. The fourth-order valence-corrected chi connectivity index (χ4v) is 6.06. The van der Waals surface area contributed by atoms with Crippen LogP contribution in [-0.2, 0) is 21.2 Å². The number of fused-ring (bicyclic) bond motifs is 1. The van der Waals surface area contributed by atoms with Gasteiger partial charge >= 0.3 is 0 Å². The molecule has 1 aromatic heterocycles. The molecule has 0 radical (unpaired) electrons. The van der Waals surface area contributed by atoms with E-state index in [4.69, 9.17) is 0 Å². The van der Waals surface area contributed by atoms with E-state index < -0.39 is 9.84 Å². The smallest absolute Gasteiger partial charge is 0.262 e. The molecule has 0 spiro atoms. The summed E-state index contributed by atoms with van der Waals surface area (Å²) in [6.45, 7) is 2.35. The quantitative estimate of drug-likeness (QED) is 0.450. The molecule has 1 atom stereocenters. The molecule has 1 aliphatic heterocycles. The van der Waals surface area contributed by atoms with E-state index in [0.29, 0.717) is 29.0 Å². The highest BCUT2D eigenvalue weighted by Crippen LogP contribution is 2.20. The van der Waals surface area contributed by atoms with Gasteiger partial charge in [-0.15, -0.1) is 0 Å². The van der Waals surface area contributed by atoms with Crippen molar-refractivity contribution < 1.29 is 13.2 Å². The summed E-state index contributed by atoms with van der Waals surface area (Å²) in [4.78, 5) is 30.2. The zero-order valence-corrected chi connectivity index (χ0v) is 18.7. The van der Waals surface area contributed by atoms with Gasteiger partial charge in [-0.25, -0.2) is 13.4 Å². The van der Waals surface area contributed by atoms with E-state index in [1.165, 1.54) is 11.8 Å². The topological polar surface area (TPSA) is 98.1 Å². The van der Waals surface area contributed by atoms with Crippen LogP contribution in [0.4, 0.5) is 0 Å². The second-order valence-corrected chi connectivity index (χ2v) is 10.9. The van der Waals surface area contributed by atoms with Gasteiger partial charge in [0.05, 0.1) is 34.7 Å². The minimum atomic E-state index is -3.06.